The van der Waals surface area contributed by atoms with E-state index in [9.17, 15) is 19.2 Å². The summed E-state index contributed by atoms with van der Waals surface area (Å²) in [6.07, 6.45) is -0.688. The van der Waals surface area contributed by atoms with E-state index < -0.39 is 41.9 Å². The molecule has 3 amide bonds. The number of hydrogen-bond donors (Lipinski definition) is 4. The quantitative estimate of drug-likeness (QED) is 0.197. The SMILES string of the molecule is CC(NC(=O)OC(C)(C)C)c1nc2cccc(Cl)c2c(=O)n1-c1cccc(NC(=O)Nc2ccccc2OCC(=O)O)c1. The Hall–Kier alpha value is -5.10. The summed E-state index contributed by atoms with van der Waals surface area (Å²) >= 11 is 6.39. The zero-order valence-electron chi connectivity index (χ0n) is 23.8. The minimum Gasteiger partial charge on any atom is -0.480 e. The van der Waals surface area contributed by atoms with Crippen molar-refractivity contribution in [2.24, 2.45) is 0 Å². The van der Waals surface area contributed by atoms with Crippen LogP contribution in [0.25, 0.3) is 16.6 Å². The summed E-state index contributed by atoms with van der Waals surface area (Å²) in [5.41, 5.74) is 0.0518. The number of fused-ring (bicyclic) bond motifs is 1. The predicted molar refractivity (Wildman–Crippen MR) is 162 cm³/mol. The van der Waals surface area contributed by atoms with Crippen molar-refractivity contribution in [2.45, 2.75) is 39.3 Å². The minimum absolute atomic E-state index is 0.176. The van der Waals surface area contributed by atoms with Gasteiger partial charge in [0.15, 0.2) is 6.61 Å². The molecule has 224 valence electrons. The van der Waals surface area contributed by atoms with Crippen LogP contribution in [0.15, 0.2) is 71.5 Å². The van der Waals surface area contributed by atoms with E-state index in [1.54, 1.807) is 88.4 Å². The molecule has 0 saturated heterocycles. The van der Waals surface area contributed by atoms with Gasteiger partial charge in [-0.25, -0.2) is 19.4 Å². The molecule has 1 unspecified atom stereocenters. The summed E-state index contributed by atoms with van der Waals surface area (Å²) in [6.45, 7) is 6.29. The zero-order valence-corrected chi connectivity index (χ0v) is 24.6. The third-order valence-corrected chi connectivity index (χ3v) is 6.16. The maximum absolute atomic E-state index is 13.9. The minimum atomic E-state index is -1.16. The Morgan fingerprint density at radius 3 is 2.47 bits per heavy atom. The number of para-hydroxylation sites is 2. The monoisotopic (exact) mass is 607 g/mol. The number of carboxylic acid groups (broad SMARTS) is 1. The van der Waals surface area contributed by atoms with Gasteiger partial charge in [0.1, 0.15) is 17.2 Å². The van der Waals surface area contributed by atoms with Crippen molar-refractivity contribution in [1.82, 2.24) is 14.9 Å². The lowest BCUT2D eigenvalue weighted by atomic mass is 10.2. The van der Waals surface area contributed by atoms with Crippen molar-refractivity contribution in [2.75, 3.05) is 17.2 Å². The first-order chi connectivity index (χ1) is 20.3. The van der Waals surface area contributed by atoms with Gasteiger partial charge in [-0.2, -0.15) is 0 Å². The predicted octanol–water partition coefficient (Wildman–Crippen LogP) is 5.73. The van der Waals surface area contributed by atoms with E-state index in [1.807, 2.05) is 0 Å². The van der Waals surface area contributed by atoms with Gasteiger partial charge in [-0.05, 0) is 70.2 Å². The van der Waals surface area contributed by atoms with E-state index in [0.29, 0.717) is 16.9 Å². The number of aromatic nitrogens is 2. The van der Waals surface area contributed by atoms with Crippen LogP contribution < -0.4 is 26.2 Å². The molecule has 4 aromatic rings. The second-order valence-electron chi connectivity index (χ2n) is 10.4. The van der Waals surface area contributed by atoms with Crippen molar-refractivity contribution in [3.8, 4) is 11.4 Å². The number of urea groups is 1. The molecule has 1 atom stereocenters. The smallest absolute Gasteiger partial charge is 0.408 e. The summed E-state index contributed by atoms with van der Waals surface area (Å²) in [6, 6.07) is 16.3. The number of carboxylic acids is 1. The molecular weight excluding hydrogens is 578 g/mol. The molecule has 13 heteroatoms. The molecule has 0 bridgehead atoms. The highest BCUT2D eigenvalue weighted by atomic mass is 35.5. The Balaban J connectivity index is 1.68. The Morgan fingerprint density at radius 2 is 1.74 bits per heavy atom. The number of hydrogen-bond acceptors (Lipinski definition) is 7. The number of aliphatic carboxylic acids is 1. The fraction of sp³-hybridized carbons (Fsp3) is 0.233. The molecule has 0 spiro atoms. The molecule has 4 rings (SSSR count). The van der Waals surface area contributed by atoms with Gasteiger partial charge in [0, 0.05) is 5.69 Å². The lowest BCUT2D eigenvalue weighted by Gasteiger charge is -2.23. The molecule has 4 N–H and O–H groups in total. The standard InChI is InChI=1S/C30H30ClN5O7/c1-17(32-29(41)43-30(2,3)4)26-34-22-13-8-11-20(31)25(22)27(39)36(26)19-10-7-9-18(15-19)33-28(40)35-21-12-5-6-14-23(21)42-16-24(37)38/h5-15,17H,16H2,1-4H3,(H,32,41)(H,37,38)(H2,33,35,40). The van der Waals surface area contributed by atoms with E-state index in [2.05, 4.69) is 20.9 Å². The van der Waals surface area contributed by atoms with Crippen LogP contribution in [0, 0.1) is 0 Å². The van der Waals surface area contributed by atoms with Crippen LogP contribution in [0.3, 0.4) is 0 Å². The summed E-state index contributed by atoms with van der Waals surface area (Å²) in [4.78, 5) is 54.8. The fourth-order valence-corrected chi connectivity index (χ4v) is 4.39. The maximum atomic E-state index is 13.9. The van der Waals surface area contributed by atoms with Crippen LogP contribution in [0.2, 0.25) is 5.02 Å². The third-order valence-electron chi connectivity index (χ3n) is 5.84. The van der Waals surface area contributed by atoms with Crippen molar-refractivity contribution >= 4 is 52.0 Å². The van der Waals surface area contributed by atoms with E-state index >= 15 is 0 Å². The van der Waals surface area contributed by atoms with Crippen molar-refractivity contribution in [1.29, 1.82) is 0 Å². The summed E-state index contributed by atoms with van der Waals surface area (Å²) in [5.74, 6) is -0.780. The Kier molecular flexibility index (Phi) is 9.20. The highest BCUT2D eigenvalue weighted by Crippen LogP contribution is 2.26. The topological polar surface area (TPSA) is 161 Å². The normalized spacial score (nSPS) is 11.8. The van der Waals surface area contributed by atoms with Gasteiger partial charge in [-0.15, -0.1) is 0 Å². The van der Waals surface area contributed by atoms with Crippen LogP contribution in [0.5, 0.6) is 5.75 Å². The molecule has 0 aliphatic carbocycles. The highest BCUT2D eigenvalue weighted by molar-refractivity contribution is 6.35. The Labute approximate surface area is 251 Å². The molecule has 12 nitrogen and oxygen atoms in total. The number of ether oxygens (including phenoxy) is 2. The summed E-state index contributed by atoms with van der Waals surface area (Å²) in [7, 11) is 0. The number of nitrogens with zero attached hydrogens (tertiary/aromatic N) is 2. The van der Waals surface area contributed by atoms with Gasteiger partial charge < -0.3 is 30.5 Å². The van der Waals surface area contributed by atoms with E-state index in [4.69, 9.17) is 26.2 Å². The number of carbonyl (C=O) groups excluding carboxylic acids is 2. The average Bonchev–Trinajstić information content (AvgIpc) is 2.91. The van der Waals surface area contributed by atoms with E-state index in [1.165, 1.54) is 10.6 Å². The second kappa shape index (κ2) is 12.8. The summed E-state index contributed by atoms with van der Waals surface area (Å²) in [5, 5.41) is 17.3. The number of alkyl carbamates (subject to hydrolysis) is 1. The van der Waals surface area contributed by atoms with Gasteiger partial charge in [0.05, 0.1) is 33.3 Å². The lowest BCUT2D eigenvalue weighted by Crippen LogP contribution is -2.37. The average molecular weight is 608 g/mol. The van der Waals surface area contributed by atoms with Crippen LogP contribution in [0.4, 0.5) is 21.0 Å². The number of nitrogens with one attached hydrogen (secondary N) is 3. The first-order valence-electron chi connectivity index (χ1n) is 13.1. The number of amides is 3. The van der Waals surface area contributed by atoms with Crippen molar-refractivity contribution in [3.63, 3.8) is 0 Å². The van der Waals surface area contributed by atoms with E-state index in [-0.39, 0.29) is 27.7 Å². The zero-order chi connectivity index (χ0) is 31.3. The van der Waals surface area contributed by atoms with Crippen LogP contribution >= 0.6 is 11.6 Å². The molecule has 0 fully saturated rings. The van der Waals surface area contributed by atoms with Gasteiger partial charge in [0.2, 0.25) is 0 Å². The Morgan fingerprint density at radius 1 is 1.02 bits per heavy atom. The molecule has 1 aromatic heterocycles. The van der Waals surface area contributed by atoms with Gasteiger partial charge in [-0.1, -0.05) is 35.9 Å². The van der Waals surface area contributed by atoms with E-state index in [0.717, 1.165) is 0 Å². The van der Waals surface area contributed by atoms with Crippen molar-refractivity contribution < 1.29 is 29.0 Å². The summed E-state index contributed by atoms with van der Waals surface area (Å²) < 4.78 is 11.9. The molecule has 3 aromatic carbocycles. The number of anilines is 2. The molecule has 0 aliphatic rings. The molecule has 0 saturated carbocycles. The van der Waals surface area contributed by atoms with Gasteiger partial charge in [-0.3, -0.25) is 9.36 Å². The first kappa shape index (κ1) is 30.8. The molecule has 0 radical (unpaired) electrons. The number of carbonyl (C=O) groups is 3. The number of halogens is 1. The number of rotatable bonds is 8. The number of benzene rings is 3. The fourth-order valence-electron chi connectivity index (χ4n) is 4.14. The Bertz CT molecular complexity index is 1750. The van der Waals surface area contributed by atoms with Crippen LogP contribution in [-0.2, 0) is 9.53 Å². The van der Waals surface area contributed by atoms with Crippen LogP contribution in [0.1, 0.15) is 39.6 Å². The highest BCUT2D eigenvalue weighted by Gasteiger charge is 2.23. The molecular formula is C30H30ClN5O7. The first-order valence-corrected chi connectivity index (χ1v) is 13.5. The molecule has 43 heavy (non-hydrogen) atoms. The molecule has 0 aliphatic heterocycles. The van der Waals surface area contributed by atoms with Crippen LogP contribution in [-0.4, -0.2) is 45.0 Å². The van der Waals surface area contributed by atoms with Gasteiger partial charge >= 0.3 is 18.1 Å². The van der Waals surface area contributed by atoms with Gasteiger partial charge in [0.25, 0.3) is 5.56 Å². The second-order valence-corrected chi connectivity index (χ2v) is 10.8. The van der Waals surface area contributed by atoms with Crippen molar-refractivity contribution in [3.05, 3.63) is 87.9 Å². The maximum Gasteiger partial charge on any atom is 0.408 e. The largest absolute Gasteiger partial charge is 0.480 e. The molecule has 1 heterocycles. The third kappa shape index (κ3) is 7.80. The lowest BCUT2D eigenvalue weighted by molar-refractivity contribution is -0.139.